The molecule has 84 valence electrons. The standard InChI is InChI=1S/C13H22N2/c1-11-5-6-13(12(2)9-11)7-8-15(4)10-14-3/h5-6,9,14H,7-8,10H2,1-4H3. The maximum Gasteiger partial charge on any atom is 0.0475 e. The molecular weight excluding hydrogens is 184 g/mol. The lowest BCUT2D eigenvalue weighted by Crippen LogP contribution is -2.30. The Bertz CT molecular complexity index is 307. The van der Waals surface area contributed by atoms with E-state index >= 15 is 0 Å². The van der Waals surface area contributed by atoms with E-state index in [4.69, 9.17) is 0 Å². The first kappa shape index (κ1) is 12.2. The summed E-state index contributed by atoms with van der Waals surface area (Å²) in [4.78, 5) is 2.29. The molecule has 0 amide bonds. The summed E-state index contributed by atoms with van der Waals surface area (Å²) >= 11 is 0. The van der Waals surface area contributed by atoms with Gasteiger partial charge in [-0.05, 0) is 45.5 Å². The van der Waals surface area contributed by atoms with Gasteiger partial charge < -0.3 is 5.32 Å². The van der Waals surface area contributed by atoms with Crippen LogP contribution in [0.3, 0.4) is 0 Å². The zero-order chi connectivity index (χ0) is 11.3. The van der Waals surface area contributed by atoms with E-state index in [2.05, 4.69) is 49.3 Å². The van der Waals surface area contributed by atoms with E-state index in [1.165, 1.54) is 16.7 Å². The minimum atomic E-state index is 0.949. The van der Waals surface area contributed by atoms with Crippen LogP contribution in [0.4, 0.5) is 0 Å². The smallest absolute Gasteiger partial charge is 0.0475 e. The number of hydrogen-bond donors (Lipinski definition) is 1. The SMILES string of the molecule is CNCN(C)CCc1ccc(C)cc1C. The summed E-state index contributed by atoms with van der Waals surface area (Å²) in [5, 5.41) is 3.15. The predicted octanol–water partition coefficient (Wildman–Crippen LogP) is 1.95. The van der Waals surface area contributed by atoms with Crippen LogP contribution in [0.2, 0.25) is 0 Å². The summed E-state index contributed by atoms with van der Waals surface area (Å²) in [5.74, 6) is 0. The van der Waals surface area contributed by atoms with Crippen LogP contribution in [-0.2, 0) is 6.42 Å². The third-order valence-corrected chi connectivity index (χ3v) is 2.69. The second kappa shape index (κ2) is 5.89. The van der Waals surface area contributed by atoms with Gasteiger partial charge in [-0.1, -0.05) is 23.8 Å². The molecule has 0 bridgehead atoms. The predicted molar refractivity (Wildman–Crippen MR) is 66.2 cm³/mol. The van der Waals surface area contributed by atoms with Crippen LogP contribution >= 0.6 is 0 Å². The Morgan fingerprint density at radius 3 is 2.60 bits per heavy atom. The van der Waals surface area contributed by atoms with Crippen LogP contribution in [0.15, 0.2) is 18.2 Å². The minimum absolute atomic E-state index is 0.949. The van der Waals surface area contributed by atoms with E-state index in [0.717, 1.165) is 19.6 Å². The molecule has 1 N–H and O–H groups in total. The fourth-order valence-electron chi connectivity index (χ4n) is 1.79. The average Bonchev–Trinajstić information content (AvgIpc) is 2.17. The zero-order valence-electron chi connectivity index (χ0n) is 10.3. The summed E-state index contributed by atoms with van der Waals surface area (Å²) in [7, 11) is 4.12. The van der Waals surface area contributed by atoms with Gasteiger partial charge in [-0.15, -0.1) is 0 Å². The lowest BCUT2D eigenvalue weighted by Gasteiger charge is -2.16. The highest BCUT2D eigenvalue weighted by Crippen LogP contribution is 2.11. The Morgan fingerprint density at radius 1 is 1.27 bits per heavy atom. The van der Waals surface area contributed by atoms with E-state index in [1.807, 2.05) is 7.05 Å². The van der Waals surface area contributed by atoms with E-state index in [0.29, 0.717) is 0 Å². The summed E-state index contributed by atoms with van der Waals surface area (Å²) in [5.41, 5.74) is 4.22. The van der Waals surface area contributed by atoms with Crippen LogP contribution in [0.5, 0.6) is 0 Å². The summed E-state index contributed by atoms with van der Waals surface area (Å²) in [6.07, 6.45) is 1.13. The molecule has 15 heavy (non-hydrogen) atoms. The number of rotatable bonds is 5. The van der Waals surface area contributed by atoms with Gasteiger partial charge in [0.1, 0.15) is 0 Å². The van der Waals surface area contributed by atoms with Gasteiger partial charge in [-0.3, -0.25) is 4.90 Å². The lowest BCUT2D eigenvalue weighted by atomic mass is 10.0. The third kappa shape index (κ3) is 4.02. The lowest BCUT2D eigenvalue weighted by molar-refractivity contribution is 0.321. The maximum absolute atomic E-state index is 3.15. The number of benzene rings is 1. The molecule has 0 unspecified atom stereocenters. The van der Waals surface area contributed by atoms with Crippen LogP contribution < -0.4 is 5.32 Å². The molecule has 0 aromatic heterocycles. The van der Waals surface area contributed by atoms with Gasteiger partial charge in [-0.25, -0.2) is 0 Å². The van der Waals surface area contributed by atoms with Crippen molar-refractivity contribution >= 4 is 0 Å². The van der Waals surface area contributed by atoms with Crippen molar-refractivity contribution in [1.82, 2.24) is 10.2 Å². The Labute approximate surface area is 93.3 Å². The number of aryl methyl sites for hydroxylation is 2. The largest absolute Gasteiger partial charge is 0.307 e. The van der Waals surface area contributed by atoms with E-state index in [1.54, 1.807) is 0 Å². The van der Waals surface area contributed by atoms with Crippen LogP contribution in [0.25, 0.3) is 0 Å². The molecule has 1 rings (SSSR count). The van der Waals surface area contributed by atoms with Crippen molar-refractivity contribution in [3.63, 3.8) is 0 Å². The Morgan fingerprint density at radius 2 is 2.00 bits per heavy atom. The number of hydrogen-bond acceptors (Lipinski definition) is 2. The normalized spacial score (nSPS) is 11.0. The molecular formula is C13H22N2. The summed E-state index contributed by atoms with van der Waals surface area (Å²) in [6.45, 7) is 6.39. The van der Waals surface area contributed by atoms with Crippen molar-refractivity contribution in [2.24, 2.45) is 0 Å². The molecule has 0 fully saturated rings. The Kier molecular flexibility index (Phi) is 4.79. The van der Waals surface area contributed by atoms with Gasteiger partial charge in [0, 0.05) is 13.2 Å². The van der Waals surface area contributed by atoms with Crippen molar-refractivity contribution in [2.75, 3.05) is 27.3 Å². The Hall–Kier alpha value is -0.860. The van der Waals surface area contributed by atoms with Gasteiger partial charge in [0.25, 0.3) is 0 Å². The minimum Gasteiger partial charge on any atom is -0.307 e. The Balaban J connectivity index is 2.50. The van der Waals surface area contributed by atoms with Gasteiger partial charge in [-0.2, -0.15) is 0 Å². The van der Waals surface area contributed by atoms with E-state index < -0.39 is 0 Å². The molecule has 0 saturated carbocycles. The van der Waals surface area contributed by atoms with Crippen LogP contribution in [0, 0.1) is 13.8 Å². The second-order valence-electron chi connectivity index (χ2n) is 4.27. The van der Waals surface area contributed by atoms with Crippen molar-refractivity contribution in [3.8, 4) is 0 Å². The van der Waals surface area contributed by atoms with Crippen molar-refractivity contribution in [3.05, 3.63) is 34.9 Å². The first-order valence-corrected chi connectivity index (χ1v) is 5.52. The molecule has 1 aromatic rings. The number of likely N-dealkylation sites (N-methyl/N-ethyl adjacent to an activating group) is 1. The number of nitrogens with zero attached hydrogens (tertiary/aromatic N) is 1. The second-order valence-corrected chi connectivity index (χ2v) is 4.27. The van der Waals surface area contributed by atoms with Gasteiger partial charge in [0.2, 0.25) is 0 Å². The van der Waals surface area contributed by atoms with Crippen molar-refractivity contribution in [2.45, 2.75) is 20.3 Å². The molecule has 1 aromatic carbocycles. The molecule has 0 saturated heterocycles. The molecule has 0 aliphatic heterocycles. The molecule has 2 nitrogen and oxygen atoms in total. The first-order valence-electron chi connectivity index (χ1n) is 5.52. The molecule has 2 heteroatoms. The topological polar surface area (TPSA) is 15.3 Å². The quantitative estimate of drug-likeness (QED) is 0.741. The fourth-order valence-corrected chi connectivity index (χ4v) is 1.79. The summed E-state index contributed by atoms with van der Waals surface area (Å²) < 4.78 is 0. The molecule has 0 radical (unpaired) electrons. The highest BCUT2D eigenvalue weighted by atomic mass is 15.2. The number of nitrogens with one attached hydrogen (secondary N) is 1. The van der Waals surface area contributed by atoms with Crippen molar-refractivity contribution < 1.29 is 0 Å². The summed E-state index contributed by atoms with van der Waals surface area (Å²) in [6, 6.07) is 6.70. The first-order chi connectivity index (χ1) is 7.13. The zero-order valence-corrected chi connectivity index (χ0v) is 10.3. The average molecular weight is 206 g/mol. The van der Waals surface area contributed by atoms with Gasteiger partial charge >= 0.3 is 0 Å². The third-order valence-electron chi connectivity index (χ3n) is 2.69. The van der Waals surface area contributed by atoms with E-state index in [9.17, 15) is 0 Å². The molecule has 0 atom stereocenters. The fraction of sp³-hybridized carbons (Fsp3) is 0.538. The monoisotopic (exact) mass is 206 g/mol. The maximum atomic E-state index is 3.15. The van der Waals surface area contributed by atoms with Crippen LogP contribution in [-0.4, -0.2) is 32.2 Å². The molecule has 0 aliphatic carbocycles. The van der Waals surface area contributed by atoms with Gasteiger partial charge in [0.05, 0.1) is 0 Å². The highest BCUT2D eigenvalue weighted by Gasteiger charge is 2.01. The molecule has 0 spiro atoms. The molecule has 0 heterocycles. The van der Waals surface area contributed by atoms with Gasteiger partial charge in [0.15, 0.2) is 0 Å². The highest BCUT2D eigenvalue weighted by molar-refractivity contribution is 5.30. The molecule has 0 aliphatic rings. The van der Waals surface area contributed by atoms with Crippen LogP contribution in [0.1, 0.15) is 16.7 Å². The van der Waals surface area contributed by atoms with E-state index in [-0.39, 0.29) is 0 Å². The van der Waals surface area contributed by atoms with Crippen molar-refractivity contribution in [1.29, 1.82) is 0 Å².